The molecule has 0 aromatic heterocycles. The summed E-state index contributed by atoms with van der Waals surface area (Å²) in [6.45, 7) is 6.98. The molecule has 0 atom stereocenters. The maximum Gasteiger partial charge on any atom is 0.254 e. The molecule has 1 heterocycles. The van der Waals surface area contributed by atoms with Gasteiger partial charge in [-0.15, -0.1) is 0 Å². The van der Waals surface area contributed by atoms with E-state index in [-0.39, 0.29) is 11.8 Å². The van der Waals surface area contributed by atoms with Crippen molar-refractivity contribution in [1.29, 1.82) is 0 Å². The van der Waals surface area contributed by atoms with Crippen LogP contribution in [0.25, 0.3) is 0 Å². The fraction of sp³-hybridized carbons (Fsp3) is 0.391. The lowest BCUT2D eigenvalue weighted by molar-refractivity contribution is 0.0734. The predicted octanol–water partition coefficient (Wildman–Crippen LogP) is 4.15. The summed E-state index contributed by atoms with van der Waals surface area (Å²) >= 11 is 0. The molecule has 142 valence electrons. The number of carbonyl (C=O) groups excluding carboxylic acids is 2. The van der Waals surface area contributed by atoms with Crippen LogP contribution in [0.2, 0.25) is 0 Å². The number of rotatable bonds is 6. The van der Waals surface area contributed by atoms with Gasteiger partial charge in [0.15, 0.2) is 0 Å². The topological polar surface area (TPSA) is 40.6 Å². The Kier molecular flexibility index (Phi) is 6.28. The Morgan fingerprint density at radius 3 is 2.30 bits per heavy atom. The van der Waals surface area contributed by atoms with Crippen LogP contribution in [0, 0.1) is 0 Å². The maximum atomic E-state index is 13.0. The summed E-state index contributed by atoms with van der Waals surface area (Å²) in [7, 11) is 0. The third-order valence-corrected chi connectivity index (χ3v) is 5.05. The van der Waals surface area contributed by atoms with Gasteiger partial charge in [0.1, 0.15) is 0 Å². The first-order valence-corrected chi connectivity index (χ1v) is 9.89. The number of hydrogen-bond donors (Lipinski definition) is 0. The monoisotopic (exact) mass is 364 g/mol. The molecule has 0 unspecified atom stereocenters. The molecule has 0 saturated heterocycles. The molecule has 27 heavy (non-hydrogen) atoms. The zero-order valence-corrected chi connectivity index (χ0v) is 16.3. The van der Waals surface area contributed by atoms with Gasteiger partial charge >= 0.3 is 0 Å². The summed E-state index contributed by atoms with van der Waals surface area (Å²) in [5.41, 5.74) is 3.72. The number of amides is 2. The number of nitrogens with zero attached hydrogens (tertiary/aromatic N) is 2. The highest BCUT2D eigenvalue weighted by molar-refractivity contribution is 5.99. The van der Waals surface area contributed by atoms with Crippen molar-refractivity contribution in [3.63, 3.8) is 0 Å². The molecular formula is C23H28N2O2. The Balaban J connectivity index is 1.77. The molecule has 0 bridgehead atoms. The van der Waals surface area contributed by atoms with Gasteiger partial charge in [-0.2, -0.15) is 0 Å². The van der Waals surface area contributed by atoms with Crippen molar-refractivity contribution in [2.24, 2.45) is 0 Å². The van der Waals surface area contributed by atoms with Crippen molar-refractivity contribution in [2.45, 2.75) is 39.7 Å². The van der Waals surface area contributed by atoms with Crippen LogP contribution in [-0.2, 0) is 13.0 Å². The molecule has 0 saturated carbocycles. The summed E-state index contributed by atoms with van der Waals surface area (Å²) in [5.74, 6) is 0.00836. The van der Waals surface area contributed by atoms with Gasteiger partial charge in [0.2, 0.25) is 0 Å². The molecule has 0 fully saturated rings. The molecule has 0 spiro atoms. The molecule has 0 N–H and O–H groups in total. The Morgan fingerprint density at radius 1 is 0.926 bits per heavy atom. The normalized spacial score (nSPS) is 13.2. The second-order valence-corrected chi connectivity index (χ2v) is 7.12. The number of carbonyl (C=O) groups is 2. The molecule has 0 radical (unpaired) electrons. The van der Waals surface area contributed by atoms with E-state index < -0.39 is 0 Å². The average Bonchev–Trinajstić information content (AvgIpc) is 2.72. The van der Waals surface area contributed by atoms with Gasteiger partial charge in [-0.25, -0.2) is 0 Å². The van der Waals surface area contributed by atoms with E-state index in [4.69, 9.17) is 0 Å². The van der Waals surface area contributed by atoms with Crippen LogP contribution in [-0.4, -0.2) is 41.2 Å². The van der Waals surface area contributed by atoms with E-state index >= 15 is 0 Å². The summed E-state index contributed by atoms with van der Waals surface area (Å²) < 4.78 is 0. The highest BCUT2D eigenvalue weighted by atomic mass is 16.2. The zero-order chi connectivity index (χ0) is 19.2. The maximum absolute atomic E-state index is 13.0. The van der Waals surface area contributed by atoms with E-state index in [0.717, 1.165) is 32.4 Å². The van der Waals surface area contributed by atoms with Gasteiger partial charge < -0.3 is 9.80 Å². The van der Waals surface area contributed by atoms with E-state index in [9.17, 15) is 9.59 Å². The van der Waals surface area contributed by atoms with Crippen molar-refractivity contribution >= 4 is 11.8 Å². The first-order valence-electron chi connectivity index (χ1n) is 9.89. The lowest BCUT2D eigenvalue weighted by Gasteiger charge is -2.29. The fourth-order valence-electron chi connectivity index (χ4n) is 3.67. The predicted molar refractivity (Wildman–Crippen MR) is 108 cm³/mol. The number of benzene rings is 2. The molecule has 2 aromatic carbocycles. The molecule has 2 aromatic rings. The average molecular weight is 364 g/mol. The molecule has 4 heteroatoms. The van der Waals surface area contributed by atoms with Crippen LogP contribution >= 0.6 is 0 Å². The van der Waals surface area contributed by atoms with Crippen LogP contribution in [0.1, 0.15) is 58.5 Å². The Labute approximate surface area is 161 Å². The highest BCUT2D eigenvalue weighted by Gasteiger charge is 2.23. The van der Waals surface area contributed by atoms with Crippen LogP contribution in [0.5, 0.6) is 0 Å². The Bertz CT molecular complexity index is 810. The van der Waals surface area contributed by atoms with E-state index in [0.29, 0.717) is 24.2 Å². The molecule has 2 amide bonds. The summed E-state index contributed by atoms with van der Waals surface area (Å²) in [6, 6.07) is 15.5. The van der Waals surface area contributed by atoms with Crippen LogP contribution < -0.4 is 0 Å². The van der Waals surface area contributed by atoms with E-state index in [1.54, 1.807) is 6.07 Å². The Morgan fingerprint density at radius 2 is 1.59 bits per heavy atom. The van der Waals surface area contributed by atoms with Gasteiger partial charge in [0.05, 0.1) is 0 Å². The highest BCUT2D eigenvalue weighted by Crippen LogP contribution is 2.21. The van der Waals surface area contributed by atoms with E-state index in [2.05, 4.69) is 26.0 Å². The zero-order valence-electron chi connectivity index (χ0n) is 16.3. The third-order valence-electron chi connectivity index (χ3n) is 5.05. The summed E-state index contributed by atoms with van der Waals surface area (Å²) in [6.07, 6.45) is 2.73. The minimum absolute atomic E-state index is 0.00307. The molecular weight excluding hydrogens is 336 g/mol. The van der Waals surface area contributed by atoms with Gasteiger partial charge in [-0.3, -0.25) is 9.59 Å². The molecule has 1 aliphatic rings. The molecule has 0 aliphatic carbocycles. The minimum atomic E-state index is -0.00307. The lowest BCUT2D eigenvalue weighted by atomic mass is 9.99. The fourth-order valence-corrected chi connectivity index (χ4v) is 3.67. The molecule has 1 aliphatic heterocycles. The van der Waals surface area contributed by atoms with Gasteiger partial charge in [0, 0.05) is 37.3 Å². The lowest BCUT2D eigenvalue weighted by Crippen LogP contribution is -2.36. The van der Waals surface area contributed by atoms with Crippen molar-refractivity contribution < 1.29 is 9.59 Å². The quantitative estimate of drug-likeness (QED) is 0.773. The van der Waals surface area contributed by atoms with Crippen molar-refractivity contribution in [3.05, 3.63) is 70.8 Å². The summed E-state index contributed by atoms with van der Waals surface area (Å²) in [5, 5.41) is 0. The second kappa shape index (κ2) is 8.85. The third kappa shape index (κ3) is 4.38. The Hall–Kier alpha value is -2.62. The largest absolute Gasteiger partial charge is 0.339 e. The number of hydrogen-bond acceptors (Lipinski definition) is 2. The first-order chi connectivity index (χ1) is 13.1. The standard InChI is InChI=1S/C23H28N2O2/c1-3-13-24(14-4-2)22(26)19-10-7-11-20(16-19)23(27)25-15-12-18-8-5-6-9-21(18)17-25/h5-11,16H,3-4,12-15,17H2,1-2H3. The first kappa shape index (κ1) is 19.2. The van der Waals surface area contributed by atoms with Crippen molar-refractivity contribution in [1.82, 2.24) is 9.80 Å². The van der Waals surface area contributed by atoms with Gasteiger partial charge in [-0.1, -0.05) is 44.2 Å². The van der Waals surface area contributed by atoms with Crippen molar-refractivity contribution in [3.8, 4) is 0 Å². The van der Waals surface area contributed by atoms with Crippen LogP contribution in [0.3, 0.4) is 0 Å². The van der Waals surface area contributed by atoms with Crippen molar-refractivity contribution in [2.75, 3.05) is 19.6 Å². The molecule has 4 nitrogen and oxygen atoms in total. The van der Waals surface area contributed by atoms with Crippen LogP contribution in [0.4, 0.5) is 0 Å². The van der Waals surface area contributed by atoms with E-state index in [1.165, 1.54) is 11.1 Å². The second-order valence-electron chi connectivity index (χ2n) is 7.12. The minimum Gasteiger partial charge on any atom is -0.339 e. The molecule has 3 rings (SSSR count). The van der Waals surface area contributed by atoms with E-state index in [1.807, 2.05) is 40.1 Å². The number of fused-ring (bicyclic) bond motifs is 1. The SMILES string of the molecule is CCCN(CCC)C(=O)c1cccc(C(=O)N2CCc3ccccc3C2)c1. The smallest absolute Gasteiger partial charge is 0.254 e. The summed E-state index contributed by atoms with van der Waals surface area (Å²) in [4.78, 5) is 29.6. The van der Waals surface area contributed by atoms with Gasteiger partial charge in [0.25, 0.3) is 11.8 Å². The van der Waals surface area contributed by atoms with Crippen LogP contribution in [0.15, 0.2) is 48.5 Å². The van der Waals surface area contributed by atoms with Gasteiger partial charge in [-0.05, 0) is 48.6 Å².